The first-order valence-corrected chi connectivity index (χ1v) is 8.81. The standard InChI is InChI=1S/C19H27NO5.ClH/c1-3-24-19(23)15-8-10-20(11-9-15)12-16(22)13-25-18-7-5-4-6-17(18)14(2)21;/h4-7,15-16,22H,3,8-13H2,1-2H3;1H. The molecule has 1 saturated heterocycles. The van der Waals surface area contributed by atoms with Gasteiger partial charge in [-0.15, -0.1) is 12.4 Å². The second-order valence-electron chi connectivity index (χ2n) is 6.34. The molecule has 0 amide bonds. The Kier molecular flexibility index (Phi) is 9.62. The highest BCUT2D eigenvalue weighted by Gasteiger charge is 2.26. The van der Waals surface area contributed by atoms with Crippen LogP contribution in [0, 0.1) is 5.92 Å². The summed E-state index contributed by atoms with van der Waals surface area (Å²) in [6.07, 6.45) is 0.846. The predicted molar refractivity (Wildman–Crippen MR) is 101 cm³/mol. The monoisotopic (exact) mass is 385 g/mol. The van der Waals surface area contributed by atoms with Crippen LogP contribution in [0.1, 0.15) is 37.0 Å². The predicted octanol–water partition coefficient (Wildman–Crippen LogP) is 2.33. The molecule has 1 aliphatic rings. The highest BCUT2D eigenvalue weighted by molar-refractivity contribution is 5.96. The molecule has 2 rings (SSSR count). The van der Waals surface area contributed by atoms with Gasteiger partial charge < -0.3 is 19.5 Å². The zero-order valence-corrected chi connectivity index (χ0v) is 16.2. The van der Waals surface area contributed by atoms with E-state index in [2.05, 4.69) is 4.90 Å². The van der Waals surface area contributed by atoms with Crippen LogP contribution in [0.25, 0.3) is 0 Å². The Morgan fingerprint density at radius 2 is 1.92 bits per heavy atom. The second-order valence-corrected chi connectivity index (χ2v) is 6.34. The van der Waals surface area contributed by atoms with E-state index < -0.39 is 6.10 Å². The van der Waals surface area contributed by atoms with Crippen molar-refractivity contribution in [3.05, 3.63) is 29.8 Å². The van der Waals surface area contributed by atoms with E-state index in [4.69, 9.17) is 9.47 Å². The number of nitrogens with zero attached hydrogens (tertiary/aromatic N) is 1. The van der Waals surface area contributed by atoms with E-state index in [1.807, 2.05) is 6.92 Å². The van der Waals surface area contributed by atoms with Crippen molar-refractivity contribution >= 4 is 24.2 Å². The Balaban J connectivity index is 0.00000338. The average molecular weight is 386 g/mol. The number of aliphatic hydroxyl groups is 1. The molecule has 1 aromatic rings. The summed E-state index contributed by atoms with van der Waals surface area (Å²) < 4.78 is 10.7. The maximum Gasteiger partial charge on any atom is 0.309 e. The van der Waals surface area contributed by atoms with Gasteiger partial charge in [0.2, 0.25) is 0 Å². The normalized spacial score (nSPS) is 16.4. The summed E-state index contributed by atoms with van der Waals surface area (Å²) in [5.41, 5.74) is 0.518. The third-order valence-corrected chi connectivity index (χ3v) is 4.37. The molecule has 1 aliphatic heterocycles. The van der Waals surface area contributed by atoms with Crippen molar-refractivity contribution in [2.75, 3.05) is 32.8 Å². The Morgan fingerprint density at radius 3 is 2.54 bits per heavy atom. The van der Waals surface area contributed by atoms with Crippen LogP contribution in [0.15, 0.2) is 24.3 Å². The summed E-state index contributed by atoms with van der Waals surface area (Å²) >= 11 is 0. The number of hydrogen-bond acceptors (Lipinski definition) is 6. The van der Waals surface area contributed by atoms with E-state index in [-0.39, 0.29) is 36.7 Å². The van der Waals surface area contributed by atoms with Crippen LogP contribution < -0.4 is 4.74 Å². The molecule has 146 valence electrons. The molecule has 1 N–H and O–H groups in total. The molecule has 0 radical (unpaired) electrons. The number of halogens is 1. The minimum atomic E-state index is -0.654. The van der Waals surface area contributed by atoms with Gasteiger partial charge in [-0.1, -0.05) is 12.1 Å². The van der Waals surface area contributed by atoms with Gasteiger partial charge in [0.15, 0.2) is 5.78 Å². The highest BCUT2D eigenvalue weighted by Crippen LogP contribution is 2.20. The number of aliphatic hydroxyl groups excluding tert-OH is 1. The van der Waals surface area contributed by atoms with E-state index >= 15 is 0 Å². The minimum absolute atomic E-state index is 0. The van der Waals surface area contributed by atoms with Crippen molar-refractivity contribution in [2.24, 2.45) is 5.92 Å². The fraction of sp³-hybridized carbons (Fsp3) is 0.579. The van der Waals surface area contributed by atoms with Crippen molar-refractivity contribution in [2.45, 2.75) is 32.8 Å². The lowest BCUT2D eigenvalue weighted by Crippen LogP contribution is -2.42. The fourth-order valence-corrected chi connectivity index (χ4v) is 3.03. The van der Waals surface area contributed by atoms with Gasteiger partial charge in [-0.2, -0.15) is 0 Å². The molecule has 6 nitrogen and oxygen atoms in total. The number of Topliss-reactive ketones (excluding diaryl/α,β-unsaturated/α-hetero) is 1. The number of carbonyl (C=O) groups excluding carboxylic acids is 2. The fourth-order valence-electron chi connectivity index (χ4n) is 3.03. The molecule has 1 unspecified atom stereocenters. The van der Waals surface area contributed by atoms with E-state index in [1.54, 1.807) is 24.3 Å². The van der Waals surface area contributed by atoms with E-state index in [1.165, 1.54) is 6.92 Å². The minimum Gasteiger partial charge on any atom is -0.490 e. The molecule has 1 aromatic carbocycles. The third-order valence-electron chi connectivity index (χ3n) is 4.37. The van der Waals surface area contributed by atoms with Crippen LogP contribution in [-0.4, -0.2) is 60.7 Å². The van der Waals surface area contributed by atoms with Gasteiger partial charge in [-0.05, 0) is 51.9 Å². The van der Waals surface area contributed by atoms with Crippen LogP contribution in [-0.2, 0) is 9.53 Å². The number of esters is 1. The van der Waals surface area contributed by atoms with Gasteiger partial charge in [0.1, 0.15) is 18.5 Å². The molecule has 0 spiro atoms. The van der Waals surface area contributed by atoms with E-state index in [0.29, 0.717) is 24.5 Å². The summed E-state index contributed by atoms with van der Waals surface area (Å²) in [4.78, 5) is 25.4. The number of ketones is 1. The third kappa shape index (κ3) is 6.59. The topological polar surface area (TPSA) is 76.1 Å². The van der Waals surface area contributed by atoms with Crippen molar-refractivity contribution in [1.29, 1.82) is 0 Å². The molecule has 0 saturated carbocycles. The van der Waals surface area contributed by atoms with Gasteiger partial charge in [-0.3, -0.25) is 9.59 Å². The molecule has 1 heterocycles. The molecular formula is C19H28ClNO5. The summed E-state index contributed by atoms with van der Waals surface area (Å²) in [5.74, 6) is 0.278. The Bertz CT molecular complexity index is 587. The maximum atomic E-state index is 11.7. The summed E-state index contributed by atoms with van der Waals surface area (Å²) in [6.45, 7) is 5.84. The summed E-state index contributed by atoms with van der Waals surface area (Å²) in [5, 5.41) is 10.2. The molecular weight excluding hydrogens is 358 g/mol. The lowest BCUT2D eigenvalue weighted by molar-refractivity contribution is -0.149. The van der Waals surface area contributed by atoms with Gasteiger partial charge >= 0.3 is 5.97 Å². The molecule has 1 fully saturated rings. The molecule has 1 atom stereocenters. The zero-order valence-electron chi connectivity index (χ0n) is 15.3. The highest BCUT2D eigenvalue weighted by atomic mass is 35.5. The number of piperidine rings is 1. The number of benzene rings is 1. The molecule has 0 bridgehead atoms. The SMILES string of the molecule is CCOC(=O)C1CCN(CC(O)COc2ccccc2C(C)=O)CC1.Cl. The van der Waals surface area contributed by atoms with Gasteiger partial charge in [-0.25, -0.2) is 0 Å². The zero-order chi connectivity index (χ0) is 18.2. The van der Waals surface area contributed by atoms with Crippen LogP contribution in [0.4, 0.5) is 0 Å². The van der Waals surface area contributed by atoms with Gasteiger partial charge in [0.25, 0.3) is 0 Å². The van der Waals surface area contributed by atoms with Crippen LogP contribution in [0.5, 0.6) is 5.75 Å². The number of para-hydroxylation sites is 1. The molecule has 7 heteroatoms. The number of β-amino-alcohol motifs (C(OH)–C–C–N with tert-alkyl or cyclic N) is 1. The number of ether oxygens (including phenoxy) is 2. The van der Waals surface area contributed by atoms with Crippen LogP contribution >= 0.6 is 12.4 Å². The quantitative estimate of drug-likeness (QED) is 0.546. The lowest BCUT2D eigenvalue weighted by Gasteiger charge is -2.32. The van der Waals surface area contributed by atoms with Crippen molar-refractivity contribution in [1.82, 2.24) is 4.90 Å². The number of carbonyl (C=O) groups is 2. The van der Waals surface area contributed by atoms with Crippen LogP contribution in [0.2, 0.25) is 0 Å². The van der Waals surface area contributed by atoms with E-state index in [0.717, 1.165) is 25.9 Å². The van der Waals surface area contributed by atoms with Crippen molar-refractivity contribution < 1.29 is 24.2 Å². The first-order valence-electron chi connectivity index (χ1n) is 8.81. The Hall–Kier alpha value is -1.63. The lowest BCUT2D eigenvalue weighted by atomic mass is 9.97. The molecule has 26 heavy (non-hydrogen) atoms. The maximum absolute atomic E-state index is 11.7. The first kappa shape index (κ1) is 22.4. The van der Waals surface area contributed by atoms with Crippen molar-refractivity contribution in [3.63, 3.8) is 0 Å². The van der Waals surface area contributed by atoms with Crippen molar-refractivity contribution in [3.8, 4) is 5.75 Å². The number of likely N-dealkylation sites (tertiary alicyclic amines) is 1. The van der Waals surface area contributed by atoms with Gasteiger partial charge in [0, 0.05) is 6.54 Å². The number of rotatable bonds is 8. The van der Waals surface area contributed by atoms with E-state index in [9.17, 15) is 14.7 Å². The largest absolute Gasteiger partial charge is 0.490 e. The first-order chi connectivity index (χ1) is 12.0. The average Bonchev–Trinajstić information content (AvgIpc) is 2.61. The Labute approximate surface area is 160 Å². The van der Waals surface area contributed by atoms with Gasteiger partial charge in [0.05, 0.1) is 18.1 Å². The molecule has 0 aliphatic carbocycles. The van der Waals surface area contributed by atoms with Crippen LogP contribution in [0.3, 0.4) is 0 Å². The summed E-state index contributed by atoms with van der Waals surface area (Å²) in [6, 6.07) is 7.03. The smallest absolute Gasteiger partial charge is 0.309 e. The molecule has 0 aromatic heterocycles. The number of hydrogen-bond donors (Lipinski definition) is 1. The Morgan fingerprint density at radius 1 is 1.27 bits per heavy atom. The second kappa shape index (κ2) is 11.2. The summed E-state index contributed by atoms with van der Waals surface area (Å²) in [7, 11) is 0.